The third-order valence-corrected chi connectivity index (χ3v) is 3.66. The minimum atomic E-state index is 0.150. The molecular weight excluding hydrogens is 260 g/mol. The molecule has 0 fully saturated rings. The van der Waals surface area contributed by atoms with Crippen LogP contribution in [0.25, 0.3) is 10.9 Å². The third kappa shape index (κ3) is 4.87. The van der Waals surface area contributed by atoms with Crippen molar-refractivity contribution in [2.45, 2.75) is 52.2 Å². The number of benzene rings is 1. The van der Waals surface area contributed by atoms with Gasteiger partial charge in [-0.25, -0.2) is 0 Å². The van der Waals surface area contributed by atoms with Crippen molar-refractivity contribution in [3.05, 3.63) is 36.0 Å². The predicted molar refractivity (Wildman–Crippen MR) is 89.6 cm³/mol. The molecule has 1 N–H and O–H groups in total. The maximum atomic E-state index is 5.11. The van der Waals surface area contributed by atoms with Gasteiger partial charge in [0.05, 0.1) is 0 Å². The average molecular weight is 288 g/mol. The van der Waals surface area contributed by atoms with E-state index >= 15 is 0 Å². The summed E-state index contributed by atoms with van der Waals surface area (Å²) in [4.78, 5) is 0. The smallest absolute Gasteiger partial charge is 0.0483 e. The fourth-order valence-electron chi connectivity index (χ4n) is 2.43. The van der Waals surface area contributed by atoms with E-state index in [-0.39, 0.29) is 5.54 Å². The van der Waals surface area contributed by atoms with Crippen molar-refractivity contribution in [3.8, 4) is 0 Å². The number of methoxy groups -OCH3 is 1. The lowest BCUT2D eigenvalue weighted by Crippen LogP contribution is -2.35. The summed E-state index contributed by atoms with van der Waals surface area (Å²) in [6, 6.07) is 8.95. The Morgan fingerprint density at radius 3 is 2.67 bits per heavy atom. The van der Waals surface area contributed by atoms with E-state index in [9.17, 15) is 0 Å². The second kappa shape index (κ2) is 7.10. The summed E-state index contributed by atoms with van der Waals surface area (Å²) in [5.74, 6) is 0. The van der Waals surface area contributed by atoms with Crippen LogP contribution < -0.4 is 5.32 Å². The molecule has 0 saturated carbocycles. The maximum Gasteiger partial charge on any atom is 0.0483 e. The highest BCUT2D eigenvalue weighted by atomic mass is 16.5. The summed E-state index contributed by atoms with van der Waals surface area (Å²) in [6.07, 6.45) is 4.46. The van der Waals surface area contributed by atoms with Crippen molar-refractivity contribution in [1.29, 1.82) is 0 Å². The second-order valence-electron chi connectivity index (χ2n) is 6.71. The van der Waals surface area contributed by atoms with Crippen molar-refractivity contribution in [2.75, 3.05) is 13.7 Å². The molecule has 0 aliphatic carbocycles. The van der Waals surface area contributed by atoms with E-state index in [4.69, 9.17) is 4.74 Å². The van der Waals surface area contributed by atoms with Crippen LogP contribution >= 0.6 is 0 Å². The van der Waals surface area contributed by atoms with E-state index < -0.39 is 0 Å². The molecule has 3 heteroatoms. The first-order valence-electron chi connectivity index (χ1n) is 7.81. The summed E-state index contributed by atoms with van der Waals surface area (Å²) < 4.78 is 7.47. The molecular formula is C18H28N2O. The molecule has 21 heavy (non-hydrogen) atoms. The van der Waals surface area contributed by atoms with Gasteiger partial charge < -0.3 is 14.6 Å². The standard InChI is InChI=1S/C18H28N2O/c1-18(2,3)19-14-15-7-8-16-9-11-20(17(16)13-15)10-5-6-12-21-4/h7-9,11,13,19H,5-6,10,12,14H2,1-4H3. The van der Waals surface area contributed by atoms with E-state index in [1.807, 2.05) is 0 Å². The summed E-state index contributed by atoms with van der Waals surface area (Å²) in [7, 11) is 1.76. The van der Waals surface area contributed by atoms with Crippen LogP contribution in [-0.2, 0) is 17.8 Å². The fraction of sp³-hybridized carbons (Fsp3) is 0.556. The zero-order valence-corrected chi connectivity index (χ0v) is 13.8. The third-order valence-electron chi connectivity index (χ3n) is 3.66. The first-order chi connectivity index (χ1) is 9.99. The lowest BCUT2D eigenvalue weighted by molar-refractivity contribution is 0.191. The van der Waals surface area contributed by atoms with Gasteiger partial charge in [0.1, 0.15) is 0 Å². The van der Waals surface area contributed by atoms with Crippen LogP contribution in [0.15, 0.2) is 30.5 Å². The van der Waals surface area contributed by atoms with E-state index in [1.54, 1.807) is 7.11 Å². The van der Waals surface area contributed by atoms with Crippen LogP contribution in [0.1, 0.15) is 39.2 Å². The maximum absolute atomic E-state index is 5.11. The van der Waals surface area contributed by atoms with Crippen LogP contribution in [0.2, 0.25) is 0 Å². The molecule has 0 aliphatic heterocycles. The number of hydrogen-bond donors (Lipinski definition) is 1. The van der Waals surface area contributed by atoms with Gasteiger partial charge in [0.2, 0.25) is 0 Å². The van der Waals surface area contributed by atoms with Crippen LogP contribution in [0.5, 0.6) is 0 Å². The molecule has 1 heterocycles. The molecule has 0 bridgehead atoms. The number of fused-ring (bicyclic) bond motifs is 1. The highest BCUT2D eigenvalue weighted by Gasteiger charge is 2.09. The Morgan fingerprint density at radius 2 is 1.95 bits per heavy atom. The van der Waals surface area contributed by atoms with Gasteiger partial charge in [-0.3, -0.25) is 0 Å². The number of nitrogens with one attached hydrogen (secondary N) is 1. The van der Waals surface area contributed by atoms with Crippen molar-refractivity contribution in [3.63, 3.8) is 0 Å². The molecule has 0 atom stereocenters. The Labute approximate surface area is 128 Å². The van der Waals surface area contributed by atoms with Gasteiger partial charge >= 0.3 is 0 Å². The minimum Gasteiger partial charge on any atom is -0.385 e. The number of hydrogen-bond acceptors (Lipinski definition) is 2. The van der Waals surface area contributed by atoms with E-state index in [2.05, 4.69) is 61.1 Å². The number of nitrogens with zero attached hydrogens (tertiary/aromatic N) is 1. The Kier molecular flexibility index (Phi) is 5.43. The van der Waals surface area contributed by atoms with Gasteiger partial charge in [-0.1, -0.05) is 12.1 Å². The van der Waals surface area contributed by atoms with Gasteiger partial charge in [0.15, 0.2) is 0 Å². The molecule has 2 rings (SSSR count). The molecule has 1 aromatic carbocycles. The highest BCUT2D eigenvalue weighted by Crippen LogP contribution is 2.19. The van der Waals surface area contributed by atoms with E-state index in [0.717, 1.165) is 32.5 Å². The molecule has 0 aliphatic rings. The number of rotatable bonds is 7. The van der Waals surface area contributed by atoms with Crippen LogP contribution in [0, 0.1) is 0 Å². The van der Waals surface area contributed by atoms with E-state index in [0.29, 0.717) is 0 Å². The normalized spacial score (nSPS) is 12.2. The molecule has 116 valence electrons. The summed E-state index contributed by atoms with van der Waals surface area (Å²) >= 11 is 0. The summed E-state index contributed by atoms with van der Waals surface area (Å²) in [5.41, 5.74) is 2.83. The fourth-order valence-corrected chi connectivity index (χ4v) is 2.43. The Hall–Kier alpha value is -1.32. The van der Waals surface area contributed by atoms with Gasteiger partial charge in [0.25, 0.3) is 0 Å². The van der Waals surface area contributed by atoms with E-state index in [1.165, 1.54) is 16.5 Å². The van der Waals surface area contributed by atoms with Gasteiger partial charge in [-0.05, 0) is 56.7 Å². The van der Waals surface area contributed by atoms with Crippen LogP contribution in [0.4, 0.5) is 0 Å². The van der Waals surface area contributed by atoms with Gasteiger partial charge in [-0.15, -0.1) is 0 Å². The Balaban J connectivity index is 2.05. The van der Waals surface area contributed by atoms with Gasteiger partial charge in [0, 0.05) is 44.1 Å². The minimum absolute atomic E-state index is 0.150. The topological polar surface area (TPSA) is 26.2 Å². The predicted octanol–water partition coefficient (Wildman–Crippen LogP) is 3.96. The molecule has 0 amide bonds. The highest BCUT2D eigenvalue weighted by molar-refractivity contribution is 5.80. The van der Waals surface area contributed by atoms with Crippen LogP contribution in [0.3, 0.4) is 0 Å². The SMILES string of the molecule is COCCCCn1ccc2ccc(CNC(C)(C)C)cc21. The first kappa shape index (κ1) is 16.1. The summed E-state index contributed by atoms with van der Waals surface area (Å²) in [6.45, 7) is 9.41. The molecule has 0 spiro atoms. The lowest BCUT2D eigenvalue weighted by Gasteiger charge is -2.20. The number of ether oxygens (including phenoxy) is 1. The van der Waals surface area contributed by atoms with Crippen LogP contribution in [-0.4, -0.2) is 23.8 Å². The molecule has 0 saturated heterocycles. The molecule has 2 aromatic rings. The lowest BCUT2D eigenvalue weighted by atomic mass is 10.1. The largest absolute Gasteiger partial charge is 0.385 e. The molecule has 3 nitrogen and oxygen atoms in total. The number of aromatic nitrogens is 1. The molecule has 1 aromatic heterocycles. The quantitative estimate of drug-likeness (QED) is 0.781. The molecule has 0 radical (unpaired) electrons. The van der Waals surface area contributed by atoms with Crippen molar-refractivity contribution < 1.29 is 4.74 Å². The van der Waals surface area contributed by atoms with Crippen molar-refractivity contribution in [2.24, 2.45) is 0 Å². The number of aryl methyl sites for hydroxylation is 1. The Morgan fingerprint density at radius 1 is 1.14 bits per heavy atom. The van der Waals surface area contributed by atoms with Gasteiger partial charge in [-0.2, -0.15) is 0 Å². The zero-order chi connectivity index (χ0) is 15.3. The average Bonchev–Trinajstić information content (AvgIpc) is 2.83. The first-order valence-corrected chi connectivity index (χ1v) is 7.81. The monoisotopic (exact) mass is 288 g/mol. The second-order valence-corrected chi connectivity index (χ2v) is 6.71. The molecule has 0 unspecified atom stereocenters. The zero-order valence-electron chi connectivity index (χ0n) is 13.8. The summed E-state index contributed by atoms with van der Waals surface area (Å²) in [5, 5.41) is 4.87. The van der Waals surface area contributed by atoms with Crippen molar-refractivity contribution in [1.82, 2.24) is 9.88 Å². The Bertz CT molecular complexity index is 566. The van der Waals surface area contributed by atoms with Crippen molar-refractivity contribution >= 4 is 10.9 Å². The number of unbranched alkanes of at least 4 members (excludes halogenated alkanes) is 1.